The monoisotopic (exact) mass is 352 g/mol. The Labute approximate surface area is 145 Å². The van der Waals surface area contributed by atoms with Crippen LogP contribution in [0.5, 0.6) is 0 Å². The van der Waals surface area contributed by atoms with Crippen molar-refractivity contribution in [3.8, 4) is 0 Å². The van der Waals surface area contributed by atoms with E-state index in [9.17, 15) is 8.78 Å². The Hall–Kier alpha value is -1.60. The molecule has 2 heterocycles. The molecule has 1 fully saturated rings. The number of halogens is 2. The summed E-state index contributed by atoms with van der Waals surface area (Å²) in [6.07, 6.45) is 1.64. The van der Waals surface area contributed by atoms with E-state index in [-0.39, 0.29) is 6.04 Å². The Bertz CT molecular complexity index is 683. The number of hydrogen-bond donors (Lipinski definition) is 0. The number of anilines is 1. The highest BCUT2D eigenvalue weighted by atomic mass is 32.1. The molecule has 0 radical (unpaired) electrons. The minimum atomic E-state index is -0.529. The van der Waals surface area contributed by atoms with Crippen LogP contribution in [0.15, 0.2) is 18.2 Å². The lowest BCUT2D eigenvalue weighted by atomic mass is 10.0. The van der Waals surface area contributed by atoms with Crippen molar-refractivity contribution in [2.24, 2.45) is 0 Å². The van der Waals surface area contributed by atoms with E-state index >= 15 is 0 Å². The van der Waals surface area contributed by atoms with E-state index < -0.39 is 11.6 Å². The van der Waals surface area contributed by atoms with E-state index in [0.29, 0.717) is 5.56 Å². The SMILES string of the molecule is CCc1nsc(N2CCN(C(CC)c3ccc(F)cc3F)CC2)n1. The summed E-state index contributed by atoms with van der Waals surface area (Å²) in [6, 6.07) is 3.86. The molecular formula is C17H22F2N4S. The number of aryl methyl sites for hydroxylation is 1. The van der Waals surface area contributed by atoms with Gasteiger partial charge in [-0.05, 0) is 12.5 Å². The maximum atomic E-state index is 14.1. The average Bonchev–Trinajstić information content (AvgIpc) is 3.07. The highest BCUT2D eigenvalue weighted by Gasteiger charge is 2.27. The van der Waals surface area contributed by atoms with Gasteiger partial charge in [-0.15, -0.1) is 0 Å². The first kappa shape index (κ1) is 17.2. The molecule has 130 valence electrons. The van der Waals surface area contributed by atoms with Crippen molar-refractivity contribution in [1.82, 2.24) is 14.3 Å². The molecule has 0 bridgehead atoms. The average molecular weight is 352 g/mol. The van der Waals surface area contributed by atoms with Crippen LogP contribution in [0.4, 0.5) is 13.9 Å². The molecule has 24 heavy (non-hydrogen) atoms. The van der Waals surface area contributed by atoms with Crippen LogP contribution >= 0.6 is 11.5 Å². The summed E-state index contributed by atoms with van der Waals surface area (Å²) in [4.78, 5) is 9.05. The molecule has 0 saturated carbocycles. The minimum absolute atomic E-state index is 0.0200. The number of rotatable bonds is 5. The predicted molar refractivity (Wildman–Crippen MR) is 92.5 cm³/mol. The third-order valence-corrected chi connectivity index (χ3v) is 5.32. The molecule has 1 aromatic carbocycles. The van der Waals surface area contributed by atoms with E-state index in [2.05, 4.69) is 19.2 Å². The van der Waals surface area contributed by atoms with Gasteiger partial charge < -0.3 is 4.90 Å². The molecule has 1 saturated heterocycles. The molecular weight excluding hydrogens is 330 g/mol. The van der Waals surface area contributed by atoms with E-state index in [1.807, 2.05) is 13.8 Å². The topological polar surface area (TPSA) is 32.3 Å². The van der Waals surface area contributed by atoms with Gasteiger partial charge in [0, 0.05) is 61.8 Å². The Morgan fingerprint density at radius 2 is 1.92 bits per heavy atom. The lowest BCUT2D eigenvalue weighted by Crippen LogP contribution is -2.47. The van der Waals surface area contributed by atoms with E-state index in [0.717, 1.165) is 56.0 Å². The second kappa shape index (κ2) is 7.53. The van der Waals surface area contributed by atoms with Crippen LogP contribution in [0.25, 0.3) is 0 Å². The summed E-state index contributed by atoms with van der Waals surface area (Å²) in [5.41, 5.74) is 0.580. The van der Waals surface area contributed by atoms with E-state index in [1.165, 1.54) is 17.6 Å². The van der Waals surface area contributed by atoms with Crippen LogP contribution in [0.2, 0.25) is 0 Å². The molecule has 0 aliphatic carbocycles. The molecule has 1 aliphatic rings. The van der Waals surface area contributed by atoms with Gasteiger partial charge in [-0.3, -0.25) is 4.90 Å². The number of nitrogens with zero attached hydrogens (tertiary/aromatic N) is 4. The van der Waals surface area contributed by atoms with Gasteiger partial charge >= 0.3 is 0 Å². The molecule has 2 aromatic rings. The molecule has 1 unspecified atom stereocenters. The fourth-order valence-corrected chi connectivity index (χ4v) is 3.99. The Morgan fingerprint density at radius 1 is 1.17 bits per heavy atom. The second-order valence-electron chi connectivity index (χ2n) is 5.96. The van der Waals surface area contributed by atoms with Crippen molar-refractivity contribution in [2.45, 2.75) is 32.7 Å². The summed E-state index contributed by atoms with van der Waals surface area (Å²) < 4.78 is 31.6. The van der Waals surface area contributed by atoms with Crippen molar-refractivity contribution in [2.75, 3.05) is 31.1 Å². The van der Waals surface area contributed by atoms with Crippen LogP contribution in [0, 0.1) is 11.6 Å². The van der Waals surface area contributed by atoms with Crippen LogP contribution in [-0.2, 0) is 6.42 Å². The van der Waals surface area contributed by atoms with Crippen molar-refractivity contribution >= 4 is 16.7 Å². The number of hydrogen-bond acceptors (Lipinski definition) is 5. The highest BCUT2D eigenvalue weighted by molar-refractivity contribution is 7.09. The van der Waals surface area contributed by atoms with Crippen molar-refractivity contribution in [3.63, 3.8) is 0 Å². The number of aromatic nitrogens is 2. The lowest BCUT2D eigenvalue weighted by Gasteiger charge is -2.39. The van der Waals surface area contributed by atoms with Gasteiger partial charge in [0.15, 0.2) is 0 Å². The summed E-state index contributed by atoms with van der Waals surface area (Å²) in [5, 5.41) is 0.965. The predicted octanol–water partition coefficient (Wildman–Crippen LogP) is 3.65. The molecule has 0 amide bonds. The maximum absolute atomic E-state index is 14.1. The lowest BCUT2D eigenvalue weighted by molar-refractivity contribution is 0.177. The summed E-state index contributed by atoms with van der Waals surface area (Å²) in [5.74, 6) is -0.0999. The third-order valence-electron chi connectivity index (χ3n) is 4.51. The molecule has 0 N–H and O–H groups in total. The van der Waals surface area contributed by atoms with Crippen molar-refractivity contribution in [3.05, 3.63) is 41.2 Å². The third kappa shape index (κ3) is 3.57. The van der Waals surface area contributed by atoms with Crippen LogP contribution in [0.1, 0.15) is 37.7 Å². The van der Waals surface area contributed by atoms with Gasteiger partial charge in [-0.1, -0.05) is 19.9 Å². The fraction of sp³-hybridized carbons (Fsp3) is 0.529. The molecule has 1 aromatic heterocycles. The van der Waals surface area contributed by atoms with Crippen molar-refractivity contribution in [1.29, 1.82) is 0 Å². The quantitative estimate of drug-likeness (QED) is 0.822. The zero-order valence-corrected chi connectivity index (χ0v) is 14.8. The molecule has 4 nitrogen and oxygen atoms in total. The van der Waals surface area contributed by atoms with Gasteiger partial charge in [-0.2, -0.15) is 4.37 Å². The van der Waals surface area contributed by atoms with Gasteiger partial charge in [0.1, 0.15) is 17.5 Å². The standard InChI is InChI=1S/C17H22F2N4S/c1-3-15(13-6-5-12(18)11-14(13)19)22-7-9-23(10-8-22)17-20-16(4-2)21-24-17/h5-6,11,15H,3-4,7-10H2,1-2H3. The number of piperazine rings is 1. The number of benzene rings is 1. The van der Waals surface area contributed by atoms with Gasteiger partial charge in [0.2, 0.25) is 5.13 Å². The fourth-order valence-electron chi connectivity index (χ4n) is 3.19. The Kier molecular flexibility index (Phi) is 5.40. The molecule has 1 aliphatic heterocycles. The van der Waals surface area contributed by atoms with Gasteiger partial charge in [0.05, 0.1) is 0 Å². The molecule has 1 atom stereocenters. The molecule has 7 heteroatoms. The zero-order chi connectivity index (χ0) is 17.1. The van der Waals surface area contributed by atoms with Crippen LogP contribution < -0.4 is 4.90 Å². The largest absolute Gasteiger partial charge is 0.344 e. The second-order valence-corrected chi connectivity index (χ2v) is 6.69. The summed E-state index contributed by atoms with van der Waals surface area (Å²) in [7, 11) is 0. The first-order valence-electron chi connectivity index (χ1n) is 8.38. The minimum Gasteiger partial charge on any atom is -0.344 e. The Morgan fingerprint density at radius 3 is 2.50 bits per heavy atom. The van der Waals surface area contributed by atoms with E-state index in [1.54, 1.807) is 6.07 Å². The van der Waals surface area contributed by atoms with Gasteiger partial charge in [0.25, 0.3) is 0 Å². The first-order chi connectivity index (χ1) is 11.6. The van der Waals surface area contributed by atoms with Gasteiger partial charge in [-0.25, -0.2) is 13.8 Å². The summed E-state index contributed by atoms with van der Waals surface area (Å²) in [6.45, 7) is 7.44. The van der Waals surface area contributed by atoms with Crippen LogP contribution in [-0.4, -0.2) is 40.4 Å². The zero-order valence-electron chi connectivity index (χ0n) is 14.0. The summed E-state index contributed by atoms with van der Waals surface area (Å²) >= 11 is 1.44. The van der Waals surface area contributed by atoms with Crippen molar-refractivity contribution < 1.29 is 8.78 Å². The Balaban J connectivity index is 1.68. The molecule has 3 rings (SSSR count). The van der Waals surface area contributed by atoms with Crippen LogP contribution in [0.3, 0.4) is 0 Å². The smallest absolute Gasteiger partial charge is 0.205 e. The highest BCUT2D eigenvalue weighted by Crippen LogP contribution is 2.29. The first-order valence-corrected chi connectivity index (χ1v) is 9.16. The maximum Gasteiger partial charge on any atom is 0.205 e. The van der Waals surface area contributed by atoms with E-state index in [4.69, 9.17) is 0 Å². The normalized spacial score (nSPS) is 17.2. The molecule has 0 spiro atoms.